The van der Waals surface area contributed by atoms with Gasteiger partial charge in [0.15, 0.2) is 0 Å². The van der Waals surface area contributed by atoms with Crippen molar-refractivity contribution in [3.8, 4) is 0 Å². The number of nitrogens with zero attached hydrogens (tertiary/aromatic N) is 3. The van der Waals surface area contributed by atoms with Crippen molar-refractivity contribution in [2.45, 2.75) is 6.54 Å². The molecule has 1 aromatic carbocycles. The van der Waals surface area contributed by atoms with Gasteiger partial charge in [0.2, 0.25) is 0 Å². The molecule has 1 N–H and O–H groups in total. The molecule has 0 atom stereocenters. The standard InChI is InChI=1S/C14H18N4/c1-2-4-14(5-3-1)18-10-8-17(9-11-18)12-13-6-7-15-16-13/h1-7H,8-12H2,(H,15,16). The van der Waals surface area contributed by atoms with Crippen LogP contribution in [-0.4, -0.2) is 41.3 Å². The van der Waals surface area contributed by atoms with Gasteiger partial charge in [-0.25, -0.2) is 0 Å². The van der Waals surface area contributed by atoms with E-state index in [1.807, 2.05) is 12.3 Å². The molecule has 3 rings (SSSR count). The molecule has 4 nitrogen and oxygen atoms in total. The quantitative estimate of drug-likeness (QED) is 0.890. The van der Waals surface area contributed by atoms with Crippen LogP contribution in [0.5, 0.6) is 0 Å². The minimum atomic E-state index is 0.975. The van der Waals surface area contributed by atoms with E-state index in [9.17, 15) is 0 Å². The largest absolute Gasteiger partial charge is 0.369 e. The third-order valence-electron chi connectivity index (χ3n) is 3.45. The van der Waals surface area contributed by atoms with E-state index in [2.05, 4.69) is 50.3 Å². The van der Waals surface area contributed by atoms with Gasteiger partial charge < -0.3 is 4.90 Å². The van der Waals surface area contributed by atoms with Gasteiger partial charge in [-0.2, -0.15) is 5.10 Å². The maximum Gasteiger partial charge on any atom is 0.0492 e. The number of aromatic nitrogens is 2. The first-order valence-corrected chi connectivity index (χ1v) is 6.42. The van der Waals surface area contributed by atoms with Crippen molar-refractivity contribution in [2.75, 3.05) is 31.1 Å². The average Bonchev–Trinajstić information content (AvgIpc) is 2.94. The Morgan fingerprint density at radius 2 is 1.78 bits per heavy atom. The normalized spacial score (nSPS) is 17.0. The first-order valence-electron chi connectivity index (χ1n) is 6.42. The van der Waals surface area contributed by atoms with E-state index in [0.717, 1.165) is 32.7 Å². The van der Waals surface area contributed by atoms with Crippen LogP contribution in [0.4, 0.5) is 5.69 Å². The lowest BCUT2D eigenvalue weighted by Crippen LogP contribution is -2.46. The Labute approximate surface area is 107 Å². The highest BCUT2D eigenvalue weighted by molar-refractivity contribution is 5.46. The van der Waals surface area contributed by atoms with Gasteiger partial charge in [0.05, 0.1) is 0 Å². The maximum atomic E-state index is 3.99. The highest BCUT2D eigenvalue weighted by Gasteiger charge is 2.17. The van der Waals surface area contributed by atoms with Gasteiger partial charge in [0.25, 0.3) is 0 Å². The van der Waals surface area contributed by atoms with Crippen molar-refractivity contribution in [3.05, 3.63) is 48.3 Å². The number of rotatable bonds is 3. The average molecular weight is 242 g/mol. The number of benzene rings is 1. The van der Waals surface area contributed by atoms with Gasteiger partial charge in [-0.05, 0) is 18.2 Å². The third-order valence-corrected chi connectivity index (χ3v) is 3.45. The predicted octanol–water partition coefficient (Wildman–Crippen LogP) is 1.73. The lowest BCUT2D eigenvalue weighted by molar-refractivity contribution is 0.247. The van der Waals surface area contributed by atoms with Gasteiger partial charge >= 0.3 is 0 Å². The van der Waals surface area contributed by atoms with Crippen molar-refractivity contribution in [2.24, 2.45) is 0 Å². The highest BCUT2D eigenvalue weighted by atomic mass is 15.3. The van der Waals surface area contributed by atoms with Crippen LogP contribution < -0.4 is 4.90 Å². The molecule has 1 aliphatic heterocycles. The molecule has 0 unspecified atom stereocenters. The molecule has 2 heterocycles. The summed E-state index contributed by atoms with van der Waals surface area (Å²) in [6.45, 7) is 5.38. The Morgan fingerprint density at radius 3 is 2.44 bits per heavy atom. The van der Waals surface area contributed by atoms with Crippen LogP contribution in [0.15, 0.2) is 42.6 Å². The van der Waals surface area contributed by atoms with Crippen molar-refractivity contribution in [1.29, 1.82) is 0 Å². The van der Waals surface area contributed by atoms with Crippen molar-refractivity contribution < 1.29 is 0 Å². The van der Waals surface area contributed by atoms with Crippen LogP contribution in [0.25, 0.3) is 0 Å². The summed E-state index contributed by atoms with van der Waals surface area (Å²) >= 11 is 0. The fraction of sp³-hybridized carbons (Fsp3) is 0.357. The van der Waals surface area contributed by atoms with Gasteiger partial charge in [-0.3, -0.25) is 10.00 Å². The predicted molar refractivity (Wildman–Crippen MR) is 72.5 cm³/mol. The molecule has 1 fully saturated rings. The molecule has 0 aliphatic carbocycles. The smallest absolute Gasteiger partial charge is 0.0492 e. The van der Waals surface area contributed by atoms with E-state index in [-0.39, 0.29) is 0 Å². The third kappa shape index (κ3) is 2.54. The number of hydrogen-bond acceptors (Lipinski definition) is 3. The van der Waals surface area contributed by atoms with Crippen molar-refractivity contribution in [1.82, 2.24) is 15.1 Å². The lowest BCUT2D eigenvalue weighted by Gasteiger charge is -2.35. The molecule has 4 heteroatoms. The summed E-state index contributed by atoms with van der Waals surface area (Å²) in [5.41, 5.74) is 2.53. The van der Waals surface area contributed by atoms with Gasteiger partial charge in [0, 0.05) is 50.3 Å². The maximum absolute atomic E-state index is 3.99. The topological polar surface area (TPSA) is 35.2 Å². The molecular weight excluding hydrogens is 224 g/mol. The van der Waals surface area contributed by atoms with Gasteiger partial charge in [0.1, 0.15) is 0 Å². The SMILES string of the molecule is c1ccc(N2CCN(Cc3ccn[nH]3)CC2)cc1. The van der Waals surface area contributed by atoms with Crippen LogP contribution in [0, 0.1) is 0 Å². The minimum absolute atomic E-state index is 0.975. The van der Waals surface area contributed by atoms with E-state index in [0.29, 0.717) is 0 Å². The number of anilines is 1. The first kappa shape index (κ1) is 11.3. The summed E-state index contributed by atoms with van der Waals surface area (Å²) < 4.78 is 0. The van der Waals surface area contributed by atoms with Crippen LogP contribution >= 0.6 is 0 Å². The Balaban J connectivity index is 1.55. The monoisotopic (exact) mass is 242 g/mol. The number of aromatic amines is 1. The molecule has 2 aromatic rings. The summed E-state index contributed by atoms with van der Waals surface area (Å²) in [4.78, 5) is 4.91. The number of H-pyrrole nitrogens is 1. The molecule has 0 saturated carbocycles. The van der Waals surface area contributed by atoms with E-state index in [1.54, 1.807) is 0 Å². The van der Waals surface area contributed by atoms with Crippen LogP contribution in [-0.2, 0) is 6.54 Å². The summed E-state index contributed by atoms with van der Waals surface area (Å²) in [7, 11) is 0. The lowest BCUT2D eigenvalue weighted by atomic mass is 10.2. The molecule has 0 amide bonds. The molecule has 94 valence electrons. The number of piperazine rings is 1. The first-order chi connectivity index (χ1) is 8.92. The molecule has 0 bridgehead atoms. The number of nitrogens with one attached hydrogen (secondary N) is 1. The molecule has 1 aromatic heterocycles. The Morgan fingerprint density at radius 1 is 1.00 bits per heavy atom. The van der Waals surface area contributed by atoms with Crippen LogP contribution in [0.3, 0.4) is 0 Å². The number of hydrogen-bond donors (Lipinski definition) is 1. The molecule has 0 radical (unpaired) electrons. The zero-order valence-electron chi connectivity index (χ0n) is 10.4. The van der Waals surface area contributed by atoms with Crippen molar-refractivity contribution >= 4 is 5.69 Å². The van der Waals surface area contributed by atoms with Crippen molar-refractivity contribution in [3.63, 3.8) is 0 Å². The molecule has 0 spiro atoms. The van der Waals surface area contributed by atoms with E-state index in [1.165, 1.54) is 11.4 Å². The van der Waals surface area contributed by atoms with E-state index in [4.69, 9.17) is 0 Å². The fourth-order valence-corrected chi connectivity index (χ4v) is 2.42. The second-order valence-electron chi connectivity index (χ2n) is 4.68. The summed E-state index contributed by atoms with van der Waals surface area (Å²) in [6.07, 6.45) is 1.82. The summed E-state index contributed by atoms with van der Waals surface area (Å²) in [5, 5.41) is 7.01. The van der Waals surface area contributed by atoms with Crippen LogP contribution in [0.1, 0.15) is 5.69 Å². The fourth-order valence-electron chi connectivity index (χ4n) is 2.42. The Hall–Kier alpha value is -1.81. The summed E-state index contributed by atoms with van der Waals surface area (Å²) in [6, 6.07) is 12.7. The minimum Gasteiger partial charge on any atom is -0.369 e. The second-order valence-corrected chi connectivity index (χ2v) is 4.68. The van der Waals surface area contributed by atoms with E-state index < -0.39 is 0 Å². The molecule has 18 heavy (non-hydrogen) atoms. The van der Waals surface area contributed by atoms with Gasteiger partial charge in [-0.15, -0.1) is 0 Å². The molecule has 1 aliphatic rings. The Bertz CT molecular complexity index is 458. The highest BCUT2D eigenvalue weighted by Crippen LogP contribution is 2.16. The molecule has 1 saturated heterocycles. The molecular formula is C14H18N4. The number of para-hydroxylation sites is 1. The zero-order chi connectivity index (χ0) is 12.2. The van der Waals surface area contributed by atoms with Crippen LogP contribution in [0.2, 0.25) is 0 Å². The zero-order valence-corrected chi connectivity index (χ0v) is 10.4. The Kier molecular flexibility index (Phi) is 3.28. The van der Waals surface area contributed by atoms with E-state index >= 15 is 0 Å². The summed E-state index contributed by atoms with van der Waals surface area (Å²) in [5.74, 6) is 0. The second kappa shape index (κ2) is 5.23. The van der Waals surface area contributed by atoms with Gasteiger partial charge in [-0.1, -0.05) is 18.2 Å².